The zero-order valence-electron chi connectivity index (χ0n) is 7.32. The molecule has 0 bridgehead atoms. The number of hydrogen-bond donors (Lipinski definition) is 1. The van der Waals surface area contributed by atoms with Crippen molar-refractivity contribution in [1.29, 1.82) is 0 Å². The molecular weight excluding hydrogens is 174 g/mol. The summed E-state index contributed by atoms with van der Waals surface area (Å²) >= 11 is 4.25. The van der Waals surface area contributed by atoms with E-state index in [1.807, 2.05) is 11.8 Å². The van der Waals surface area contributed by atoms with Gasteiger partial charge in [-0.1, -0.05) is 0 Å². The summed E-state index contributed by atoms with van der Waals surface area (Å²) in [5, 5.41) is 0.221. The summed E-state index contributed by atoms with van der Waals surface area (Å²) < 4.78 is 5.16. The number of rotatable bonds is 4. The normalized spacial score (nSPS) is 23.7. The number of likely N-dealkylation sites (tertiary alicyclic amines) is 1. The standard InChI is InChI=1S/C8H15NO2S/c1-2-11-4-3-9-6-7(12)5-8(9)10/h7,12H,2-6H2,1H3. The Labute approximate surface area is 78.5 Å². The van der Waals surface area contributed by atoms with E-state index in [-0.39, 0.29) is 11.2 Å². The summed E-state index contributed by atoms with van der Waals surface area (Å²) in [6.45, 7) is 4.79. The summed E-state index contributed by atoms with van der Waals surface area (Å²) in [7, 11) is 0. The second-order valence-electron chi connectivity index (χ2n) is 2.89. The average molecular weight is 189 g/mol. The second kappa shape index (κ2) is 4.72. The maximum Gasteiger partial charge on any atom is 0.223 e. The monoisotopic (exact) mass is 189 g/mol. The fourth-order valence-corrected chi connectivity index (χ4v) is 1.64. The topological polar surface area (TPSA) is 29.5 Å². The molecule has 3 nitrogen and oxygen atoms in total. The number of carbonyl (C=O) groups excluding carboxylic acids is 1. The molecule has 1 aliphatic heterocycles. The minimum absolute atomic E-state index is 0.203. The maximum atomic E-state index is 11.2. The summed E-state index contributed by atoms with van der Waals surface area (Å²) in [4.78, 5) is 13.0. The summed E-state index contributed by atoms with van der Waals surface area (Å²) in [5.74, 6) is 0.203. The van der Waals surface area contributed by atoms with E-state index in [4.69, 9.17) is 4.74 Å². The summed E-state index contributed by atoms with van der Waals surface area (Å²) in [5.41, 5.74) is 0. The van der Waals surface area contributed by atoms with Crippen LogP contribution in [0, 0.1) is 0 Å². The lowest BCUT2D eigenvalue weighted by atomic mass is 10.4. The second-order valence-corrected chi connectivity index (χ2v) is 3.62. The Bertz CT molecular complexity index is 163. The lowest BCUT2D eigenvalue weighted by Gasteiger charge is -2.14. The van der Waals surface area contributed by atoms with E-state index in [0.29, 0.717) is 26.2 Å². The first-order valence-electron chi connectivity index (χ1n) is 4.27. The van der Waals surface area contributed by atoms with Gasteiger partial charge in [-0.05, 0) is 6.92 Å². The maximum absolute atomic E-state index is 11.2. The van der Waals surface area contributed by atoms with E-state index in [0.717, 1.165) is 6.54 Å². The molecular formula is C8H15NO2S. The first kappa shape index (κ1) is 9.86. The zero-order valence-corrected chi connectivity index (χ0v) is 8.22. The van der Waals surface area contributed by atoms with Crippen molar-refractivity contribution < 1.29 is 9.53 Å². The van der Waals surface area contributed by atoms with Gasteiger partial charge in [-0.2, -0.15) is 12.6 Å². The van der Waals surface area contributed by atoms with Crippen molar-refractivity contribution in [1.82, 2.24) is 4.90 Å². The highest BCUT2D eigenvalue weighted by Crippen LogP contribution is 2.14. The van der Waals surface area contributed by atoms with Crippen molar-refractivity contribution >= 4 is 18.5 Å². The van der Waals surface area contributed by atoms with Crippen LogP contribution in [0.15, 0.2) is 0 Å². The highest BCUT2D eigenvalue weighted by Gasteiger charge is 2.26. The lowest BCUT2D eigenvalue weighted by Crippen LogP contribution is -2.29. The van der Waals surface area contributed by atoms with Crippen LogP contribution in [0.25, 0.3) is 0 Å². The average Bonchev–Trinajstić information content (AvgIpc) is 2.31. The third-order valence-corrected chi connectivity index (χ3v) is 2.25. The molecule has 0 spiro atoms. The lowest BCUT2D eigenvalue weighted by molar-refractivity contribution is -0.128. The Morgan fingerprint density at radius 3 is 3.00 bits per heavy atom. The minimum atomic E-state index is 0.203. The molecule has 0 aliphatic carbocycles. The molecule has 0 aromatic rings. The Morgan fingerprint density at radius 2 is 2.50 bits per heavy atom. The molecule has 1 saturated heterocycles. The van der Waals surface area contributed by atoms with Crippen molar-refractivity contribution in [3.63, 3.8) is 0 Å². The van der Waals surface area contributed by atoms with E-state index in [1.54, 1.807) is 0 Å². The van der Waals surface area contributed by atoms with Gasteiger partial charge in [0.05, 0.1) is 6.61 Å². The molecule has 1 heterocycles. The van der Waals surface area contributed by atoms with Crippen LogP contribution in [0.5, 0.6) is 0 Å². The van der Waals surface area contributed by atoms with Crippen molar-refractivity contribution in [3.05, 3.63) is 0 Å². The molecule has 0 N–H and O–H groups in total. The highest BCUT2D eigenvalue weighted by atomic mass is 32.1. The molecule has 70 valence electrons. The molecule has 0 radical (unpaired) electrons. The number of ether oxygens (including phenoxy) is 1. The predicted octanol–water partition coefficient (Wildman–Crippen LogP) is 0.554. The van der Waals surface area contributed by atoms with Gasteiger partial charge < -0.3 is 9.64 Å². The molecule has 4 heteroatoms. The molecule has 0 aromatic heterocycles. The number of hydrogen-bond acceptors (Lipinski definition) is 3. The fraction of sp³-hybridized carbons (Fsp3) is 0.875. The Balaban J connectivity index is 2.19. The third-order valence-electron chi connectivity index (χ3n) is 1.90. The van der Waals surface area contributed by atoms with Gasteiger partial charge in [0.1, 0.15) is 0 Å². The molecule has 1 atom stereocenters. The summed E-state index contributed by atoms with van der Waals surface area (Å²) in [6, 6.07) is 0. The van der Waals surface area contributed by atoms with Crippen LogP contribution in [0.2, 0.25) is 0 Å². The Morgan fingerprint density at radius 1 is 1.75 bits per heavy atom. The smallest absolute Gasteiger partial charge is 0.223 e. The van der Waals surface area contributed by atoms with Gasteiger partial charge in [0.2, 0.25) is 5.91 Å². The van der Waals surface area contributed by atoms with E-state index in [1.165, 1.54) is 0 Å². The predicted molar refractivity (Wildman–Crippen MR) is 50.5 cm³/mol. The van der Waals surface area contributed by atoms with Gasteiger partial charge in [0.15, 0.2) is 0 Å². The van der Waals surface area contributed by atoms with Crippen molar-refractivity contribution in [2.24, 2.45) is 0 Å². The molecule has 1 aliphatic rings. The zero-order chi connectivity index (χ0) is 8.97. The van der Waals surface area contributed by atoms with Gasteiger partial charge >= 0.3 is 0 Å². The SMILES string of the molecule is CCOCCN1CC(S)CC1=O. The van der Waals surface area contributed by atoms with Crippen molar-refractivity contribution in [2.75, 3.05) is 26.3 Å². The van der Waals surface area contributed by atoms with E-state index in [2.05, 4.69) is 12.6 Å². The number of thiol groups is 1. The quantitative estimate of drug-likeness (QED) is 0.517. The van der Waals surface area contributed by atoms with Gasteiger partial charge in [0.25, 0.3) is 0 Å². The molecule has 1 amide bonds. The Kier molecular flexibility index (Phi) is 3.88. The van der Waals surface area contributed by atoms with Crippen LogP contribution in [-0.4, -0.2) is 42.4 Å². The van der Waals surface area contributed by atoms with E-state index < -0.39 is 0 Å². The van der Waals surface area contributed by atoms with Gasteiger partial charge in [-0.25, -0.2) is 0 Å². The minimum Gasteiger partial charge on any atom is -0.380 e. The van der Waals surface area contributed by atoms with Crippen LogP contribution < -0.4 is 0 Å². The van der Waals surface area contributed by atoms with Crippen LogP contribution in [0.3, 0.4) is 0 Å². The number of carbonyl (C=O) groups is 1. The number of amides is 1. The van der Waals surface area contributed by atoms with Gasteiger partial charge in [-0.3, -0.25) is 4.79 Å². The van der Waals surface area contributed by atoms with Crippen LogP contribution in [0.1, 0.15) is 13.3 Å². The molecule has 0 aromatic carbocycles. The number of nitrogens with zero attached hydrogens (tertiary/aromatic N) is 1. The molecule has 12 heavy (non-hydrogen) atoms. The molecule has 1 rings (SSSR count). The van der Waals surface area contributed by atoms with Gasteiger partial charge in [-0.15, -0.1) is 0 Å². The third kappa shape index (κ3) is 2.68. The first-order chi connectivity index (χ1) is 5.74. The summed E-state index contributed by atoms with van der Waals surface area (Å²) in [6.07, 6.45) is 0.579. The van der Waals surface area contributed by atoms with Crippen LogP contribution >= 0.6 is 12.6 Å². The van der Waals surface area contributed by atoms with Crippen LogP contribution in [-0.2, 0) is 9.53 Å². The molecule has 0 saturated carbocycles. The van der Waals surface area contributed by atoms with Crippen molar-refractivity contribution in [2.45, 2.75) is 18.6 Å². The molecule has 1 fully saturated rings. The van der Waals surface area contributed by atoms with E-state index >= 15 is 0 Å². The largest absolute Gasteiger partial charge is 0.380 e. The van der Waals surface area contributed by atoms with Crippen LogP contribution in [0.4, 0.5) is 0 Å². The Hall–Kier alpha value is -0.220. The molecule has 1 unspecified atom stereocenters. The van der Waals surface area contributed by atoms with E-state index in [9.17, 15) is 4.79 Å². The fourth-order valence-electron chi connectivity index (χ4n) is 1.29. The highest BCUT2D eigenvalue weighted by molar-refractivity contribution is 7.81. The first-order valence-corrected chi connectivity index (χ1v) is 4.79. The van der Waals surface area contributed by atoms with Gasteiger partial charge in [0, 0.05) is 31.4 Å². The van der Waals surface area contributed by atoms with Crippen molar-refractivity contribution in [3.8, 4) is 0 Å².